The van der Waals surface area contributed by atoms with Crippen LogP contribution in [-0.4, -0.2) is 17.1 Å². The Hall–Kier alpha value is -1.56. The van der Waals surface area contributed by atoms with E-state index in [4.69, 9.17) is 5.11 Å². The highest BCUT2D eigenvalue weighted by Gasteiger charge is 2.14. The van der Waals surface area contributed by atoms with Gasteiger partial charge in [-0.25, -0.2) is 13.2 Å². The molecule has 94 valence electrons. The van der Waals surface area contributed by atoms with Crippen molar-refractivity contribution in [2.45, 2.75) is 25.9 Å². The molecule has 2 N–H and O–H groups in total. The second-order valence-electron chi connectivity index (χ2n) is 3.68. The largest absolute Gasteiger partial charge is 0.393 e. The van der Waals surface area contributed by atoms with Crippen molar-refractivity contribution < 1.29 is 23.1 Å². The number of carbonyl (C=O) groups excluding carboxylic acids is 1. The van der Waals surface area contributed by atoms with Gasteiger partial charge in [-0.1, -0.05) is 0 Å². The molecular weight excluding hydrogens is 235 g/mol. The molecule has 1 unspecified atom stereocenters. The molecule has 1 aromatic rings. The third kappa shape index (κ3) is 4.07. The second kappa shape index (κ2) is 5.67. The highest BCUT2D eigenvalue weighted by Crippen LogP contribution is 2.20. The van der Waals surface area contributed by atoms with Crippen molar-refractivity contribution in [2.24, 2.45) is 0 Å². The summed E-state index contributed by atoms with van der Waals surface area (Å²) in [5.74, 6) is -4.04. The molecule has 0 saturated heterocycles. The van der Waals surface area contributed by atoms with Gasteiger partial charge in [-0.3, -0.25) is 4.79 Å². The van der Waals surface area contributed by atoms with E-state index >= 15 is 0 Å². The lowest BCUT2D eigenvalue weighted by Gasteiger charge is -2.08. The molecule has 0 aliphatic carbocycles. The Morgan fingerprint density at radius 3 is 2.35 bits per heavy atom. The minimum atomic E-state index is -1.17. The van der Waals surface area contributed by atoms with Crippen LogP contribution in [0.2, 0.25) is 0 Å². The summed E-state index contributed by atoms with van der Waals surface area (Å²) in [6, 6.07) is 0.959. The Bertz CT molecular complexity index is 398. The van der Waals surface area contributed by atoms with Gasteiger partial charge in [0.25, 0.3) is 0 Å². The van der Waals surface area contributed by atoms with Crippen molar-refractivity contribution in [1.82, 2.24) is 0 Å². The summed E-state index contributed by atoms with van der Waals surface area (Å²) in [5, 5.41) is 10.9. The Kier molecular flexibility index (Phi) is 4.51. The van der Waals surface area contributed by atoms with E-state index in [0.29, 0.717) is 12.1 Å². The molecule has 0 aliphatic rings. The Labute approximate surface area is 96.3 Å². The van der Waals surface area contributed by atoms with Crippen LogP contribution in [0.15, 0.2) is 12.1 Å². The molecule has 0 saturated carbocycles. The van der Waals surface area contributed by atoms with Crippen molar-refractivity contribution in [2.75, 3.05) is 5.32 Å². The number of rotatable bonds is 4. The lowest BCUT2D eigenvalue weighted by atomic mass is 10.2. The summed E-state index contributed by atoms with van der Waals surface area (Å²) in [7, 11) is 0. The Morgan fingerprint density at radius 1 is 1.35 bits per heavy atom. The van der Waals surface area contributed by atoms with Gasteiger partial charge < -0.3 is 10.4 Å². The molecule has 0 spiro atoms. The number of anilines is 1. The zero-order valence-electron chi connectivity index (χ0n) is 9.14. The predicted molar refractivity (Wildman–Crippen MR) is 55.9 cm³/mol. The van der Waals surface area contributed by atoms with Crippen LogP contribution in [0.4, 0.5) is 18.9 Å². The Morgan fingerprint density at radius 2 is 1.88 bits per heavy atom. The zero-order chi connectivity index (χ0) is 13.0. The van der Waals surface area contributed by atoms with Crippen LogP contribution in [0.25, 0.3) is 0 Å². The summed E-state index contributed by atoms with van der Waals surface area (Å²) < 4.78 is 38.8. The third-order valence-corrected chi connectivity index (χ3v) is 2.06. The van der Waals surface area contributed by atoms with Crippen molar-refractivity contribution in [3.63, 3.8) is 0 Å². The first-order valence-electron chi connectivity index (χ1n) is 5.02. The van der Waals surface area contributed by atoms with Crippen LogP contribution in [-0.2, 0) is 4.79 Å². The fourth-order valence-electron chi connectivity index (χ4n) is 1.20. The topological polar surface area (TPSA) is 49.3 Å². The number of aliphatic hydroxyl groups excluding tert-OH is 1. The molecule has 17 heavy (non-hydrogen) atoms. The average Bonchev–Trinajstić information content (AvgIpc) is 2.20. The maximum absolute atomic E-state index is 13.1. The first kappa shape index (κ1) is 13.5. The van der Waals surface area contributed by atoms with E-state index in [1.165, 1.54) is 6.92 Å². The van der Waals surface area contributed by atoms with Gasteiger partial charge in [0.15, 0.2) is 11.6 Å². The van der Waals surface area contributed by atoms with Crippen molar-refractivity contribution >= 4 is 11.6 Å². The highest BCUT2D eigenvalue weighted by atomic mass is 19.1. The van der Waals surface area contributed by atoms with Gasteiger partial charge in [-0.15, -0.1) is 0 Å². The van der Waals surface area contributed by atoms with Crippen LogP contribution in [0.5, 0.6) is 0 Å². The summed E-state index contributed by atoms with van der Waals surface area (Å²) in [5.41, 5.74) is -0.679. The number of halogens is 3. The van der Waals surface area contributed by atoms with Gasteiger partial charge in [-0.2, -0.15) is 0 Å². The monoisotopic (exact) mass is 247 g/mol. The standard InChI is InChI=1S/C11H12F3NO2/c1-6(16)2-3-10(17)15-11-8(13)4-7(12)5-9(11)14/h4-6,16H,2-3H2,1H3,(H,15,17). The smallest absolute Gasteiger partial charge is 0.224 e. The molecule has 6 heteroatoms. The maximum atomic E-state index is 13.1. The molecule has 0 fully saturated rings. The quantitative estimate of drug-likeness (QED) is 0.856. The number of nitrogens with one attached hydrogen (secondary N) is 1. The number of benzene rings is 1. The normalized spacial score (nSPS) is 12.3. The van der Waals surface area contributed by atoms with Gasteiger partial charge in [0, 0.05) is 18.6 Å². The molecule has 3 nitrogen and oxygen atoms in total. The predicted octanol–water partition coefficient (Wildman–Crippen LogP) is 2.20. The molecule has 0 aromatic heterocycles. The second-order valence-corrected chi connectivity index (χ2v) is 3.68. The van der Waals surface area contributed by atoms with E-state index in [0.717, 1.165) is 0 Å². The van der Waals surface area contributed by atoms with E-state index in [2.05, 4.69) is 0 Å². The lowest BCUT2D eigenvalue weighted by Crippen LogP contribution is -2.16. The molecule has 0 radical (unpaired) electrons. The third-order valence-electron chi connectivity index (χ3n) is 2.06. The van der Waals surface area contributed by atoms with Crippen LogP contribution >= 0.6 is 0 Å². The summed E-state index contributed by atoms with van der Waals surface area (Å²) >= 11 is 0. The van der Waals surface area contributed by atoms with E-state index in [1.807, 2.05) is 5.32 Å². The lowest BCUT2D eigenvalue weighted by molar-refractivity contribution is -0.116. The molecule has 0 bridgehead atoms. The number of carbonyl (C=O) groups is 1. The number of aliphatic hydroxyl groups is 1. The minimum absolute atomic E-state index is 0.0755. The van der Waals surface area contributed by atoms with Crippen molar-refractivity contribution in [3.05, 3.63) is 29.6 Å². The molecule has 1 atom stereocenters. The summed E-state index contributed by atoms with van der Waals surface area (Å²) in [6.45, 7) is 1.49. The summed E-state index contributed by atoms with van der Waals surface area (Å²) in [6.07, 6.45) is -0.576. The first-order chi connectivity index (χ1) is 7.90. The highest BCUT2D eigenvalue weighted by molar-refractivity contribution is 5.90. The van der Waals surface area contributed by atoms with Gasteiger partial charge in [-0.05, 0) is 13.3 Å². The van der Waals surface area contributed by atoms with Crippen LogP contribution < -0.4 is 5.32 Å². The van der Waals surface area contributed by atoms with Crippen LogP contribution in [0.1, 0.15) is 19.8 Å². The summed E-state index contributed by atoms with van der Waals surface area (Å²) in [4.78, 5) is 11.3. The molecule has 1 rings (SSSR count). The van der Waals surface area contributed by atoms with Crippen molar-refractivity contribution in [3.8, 4) is 0 Å². The average molecular weight is 247 g/mol. The van der Waals surface area contributed by atoms with Gasteiger partial charge in [0.1, 0.15) is 11.5 Å². The Balaban J connectivity index is 2.72. The molecule has 0 heterocycles. The zero-order valence-corrected chi connectivity index (χ0v) is 9.14. The van der Waals surface area contributed by atoms with E-state index in [1.54, 1.807) is 0 Å². The van der Waals surface area contributed by atoms with Gasteiger partial charge in [0.2, 0.25) is 5.91 Å². The fourth-order valence-corrected chi connectivity index (χ4v) is 1.20. The van der Waals surface area contributed by atoms with Crippen LogP contribution in [0, 0.1) is 17.5 Å². The van der Waals surface area contributed by atoms with Gasteiger partial charge >= 0.3 is 0 Å². The minimum Gasteiger partial charge on any atom is -0.393 e. The van der Waals surface area contributed by atoms with Gasteiger partial charge in [0.05, 0.1) is 6.10 Å². The molecule has 0 aliphatic heterocycles. The van der Waals surface area contributed by atoms with E-state index in [9.17, 15) is 18.0 Å². The number of hydrogen-bond donors (Lipinski definition) is 2. The number of amides is 1. The van der Waals surface area contributed by atoms with E-state index < -0.39 is 35.2 Å². The molecule has 1 aromatic carbocycles. The molecular formula is C11H12F3NO2. The first-order valence-corrected chi connectivity index (χ1v) is 5.02. The van der Waals surface area contributed by atoms with E-state index in [-0.39, 0.29) is 12.8 Å². The maximum Gasteiger partial charge on any atom is 0.224 e. The molecule has 1 amide bonds. The fraction of sp³-hybridized carbons (Fsp3) is 0.364. The number of hydrogen-bond acceptors (Lipinski definition) is 2. The SMILES string of the molecule is CC(O)CCC(=O)Nc1c(F)cc(F)cc1F. The van der Waals surface area contributed by atoms with Crippen molar-refractivity contribution in [1.29, 1.82) is 0 Å². The van der Waals surface area contributed by atoms with Crippen LogP contribution in [0.3, 0.4) is 0 Å².